The van der Waals surface area contributed by atoms with Crippen LogP contribution in [0.3, 0.4) is 0 Å². The molecular weight excluding hydrogens is 431 g/mol. The number of pyridine rings is 1. The first-order chi connectivity index (χ1) is 15.0. The summed E-state index contributed by atoms with van der Waals surface area (Å²) in [5, 5.41) is 9.92. The molecule has 0 fully saturated rings. The Morgan fingerprint density at radius 3 is 2.65 bits per heavy atom. The Hall–Kier alpha value is -2.47. The fraction of sp³-hybridized carbons (Fsp3) is 0.292. The summed E-state index contributed by atoms with van der Waals surface area (Å²) in [7, 11) is 0. The third-order valence-corrected chi connectivity index (χ3v) is 6.00. The predicted octanol–water partition coefficient (Wildman–Crippen LogP) is 5.93. The minimum atomic E-state index is 0.0274. The smallest absolute Gasteiger partial charge is 0.191 e. The van der Waals surface area contributed by atoms with Crippen LogP contribution in [0.5, 0.6) is 0 Å². The Kier molecular flexibility index (Phi) is 6.86. The number of aromatic amines is 2. The molecule has 4 rings (SSSR count). The van der Waals surface area contributed by atoms with Crippen molar-refractivity contribution >= 4 is 50.8 Å². The molecule has 0 bridgehead atoms. The van der Waals surface area contributed by atoms with Gasteiger partial charge in [0.2, 0.25) is 0 Å². The second-order valence-corrected chi connectivity index (χ2v) is 8.75. The lowest BCUT2D eigenvalue weighted by Crippen LogP contribution is -2.28. The third kappa shape index (κ3) is 5.24. The number of hydrogen-bond donors (Lipinski definition) is 4. The van der Waals surface area contributed by atoms with Crippen molar-refractivity contribution in [3.8, 4) is 0 Å². The van der Waals surface area contributed by atoms with Gasteiger partial charge in [-0.2, -0.15) is 0 Å². The number of benzene rings is 2. The highest BCUT2D eigenvalue weighted by Crippen LogP contribution is 2.28. The summed E-state index contributed by atoms with van der Waals surface area (Å²) in [4.78, 5) is 19.0. The molecule has 7 heteroatoms. The number of para-hydroxylation sites is 1. The molecule has 2 aromatic carbocycles. The summed E-state index contributed by atoms with van der Waals surface area (Å²) in [6.45, 7) is 4.55. The van der Waals surface area contributed by atoms with Gasteiger partial charge in [-0.1, -0.05) is 48.7 Å². The van der Waals surface area contributed by atoms with Crippen LogP contribution < -0.4 is 16.1 Å². The molecule has 162 valence electrons. The minimum Gasteiger partial charge on any atom is -0.371 e. The number of rotatable bonds is 9. The molecule has 0 spiro atoms. The van der Waals surface area contributed by atoms with Crippen LogP contribution in [0.1, 0.15) is 25.5 Å². The van der Waals surface area contributed by atoms with Crippen LogP contribution in [0.25, 0.3) is 21.8 Å². The summed E-state index contributed by atoms with van der Waals surface area (Å²) in [6, 6.07) is 14.9. The van der Waals surface area contributed by atoms with E-state index in [9.17, 15) is 4.79 Å². The molecule has 0 radical (unpaired) electrons. The fourth-order valence-electron chi connectivity index (χ4n) is 3.96. The first-order valence-corrected chi connectivity index (χ1v) is 11.3. The standard InChI is InChI=1S/C24H26Cl2N4O/c1-2-5-15(13-28-24-11-23(31)18-6-3-4-7-21(18)30-24)12-27-14-17-10-19-20(26)8-16(25)9-22(19)29-17/h3-4,6-11,15,27,29H,2,5,12-14H2,1H3,(H2,28,30,31). The van der Waals surface area contributed by atoms with Crippen molar-refractivity contribution in [3.63, 3.8) is 0 Å². The Balaban J connectivity index is 1.36. The Bertz CT molecular complexity index is 1250. The van der Waals surface area contributed by atoms with Crippen molar-refractivity contribution < 1.29 is 0 Å². The van der Waals surface area contributed by atoms with Crippen molar-refractivity contribution in [2.24, 2.45) is 5.92 Å². The SMILES string of the molecule is CCCC(CNCc1cc2c(Cl)cc(Cl)cc2[nH]1)CNc1cc(=O)c2ccccc2[nH]1. The average molecular weight is 457 g/mol. The molecule has 0 amide bonds. The van der Waals surface area contributed by atoms with Crippen molar-refractivity contribution in [2.45, 2.75) is 26.3 Å². The second kappa shape index (κ2) is 9.77. The Labute approximate surface area is 191 Å². The number of fused-ring (bicyclic) bond motifs is 2. The van der Waals surface area contributed by atoms with E-state index in [1.165, 1.54) is 0 Å². The summed E-state index contributed by atoms with van der Waals surface area (Å²) in [5.41, 5.74) is 2.89. The molecule has 4 N–H and O–H groups in total. The first-order valence-electron chi connectivity index (χ1n) is 10.6. The molecule has 0 saturated carbocycles. The zero-order chi connectivity index (χ0) is 21.8. The van der Waals surface area contributed by atoms with E-state index in [0.29, 0.717) is 21.3 Å². The third-order valence-electron chi connectivity index (χ3n) is 5.47. The molecule has 0 saturated heterocycles. The average Bonchev–Trinajstić information content (AvgIpc) is 3.15. The largest absolute Gasteiger partial charge is 0.371 e. The van der Waals surface area contributed by atoms with Gasteiger partial charge in [0.15, 0.2) is 5.43 Å². The van der Waals surface area contributed by atoms with Crippen LogP contribution in [-0.4, -0.2) is 23.1 Å². The van der Waals surface area contributed by atoms with Crippen molar-refractivity contribution in [1.82, 2.24) is 15.3 Å². The van der Waals surface area contributed by atoms with Gasteiger partial charge in [0.25, 0.3) is 0 Å². The van der Waals surface area contributed by atoms with Crippen LogP contribution >= 0.6 is 23.2 Å². The topological polar surface area (TPSA) is 72.7 Å². The molecule has 1 unspecified atom stereocenters. The van der Waals surface area contributed by atoms with E-state index in [1.807, 2.05) is 30.3 Å². The maximum Gasteiger partial charge on any atom is 0.191 e. The Morgan fingerprint density at radius 1 is 0.968 bits per heavy atom. The summed E-state index contributed by atoms with van der Waals surface area (Å²) < 4.78 is 0. The van der Waals surface area contributed by atoms with Gasteiger partial charge in [-0.15, -0.1) is 0 Å². The highest BCUT2D eigenvalue weighted by molar-refractivity contribution is 6.38. The summed E-state index contributed by atoms with van der Waals surface area (Å²) in [5.74, 6) is 1.19. The lowest BCUT2D eigenvalue weighted by Gasteiger charge is -2.18. The molecule has 2 heterocycles. The van der Waals surface area contributed by atoms with Gasteiger partial charge in [-0.25, -0.2) is 0 Å². The molecule has 0 aliphatic rings. The predicted molar refractivity (Wildman–Crippen MR) is 131 cm³/mol. The van der Waals surface area contributed by atoms with Crippen molar-refractivity contribution in [2.75, 3.05) is 18.4 Å². The van der Waals surface area contributed by atoms with Gasteiger partial charge >= 0.3 is 0 Å². The minimum absolute atomic E-state index is 0.0274. The quantitative estimate of drug-likeness (QED) is 0.252. The van der Waals surface area contributed by atoms with Gasteiger partial charge in [0, 0.05) is 52.7 Å². The zero-order valence-electron chi connectivity index (χ0n) is 17.4. The van der Waals surface area contributed by atoms with Crippen LogP contribution in [-0.2, 0) is 6.54 Å². The number of hydrogen-bond acceptors (Lipinski definition) is 3. The molecule has 1 atom stereocenters. The van der Waals surface area contributed by atoms with Gasteiger partial charge in [-0.3, -0.25) is 4.79 Å². The molecule has 31 heavy (non-hydrogen) atoms. The zero-order valence-corrected chi connectivity index (χ0v) is 18.9. The molecule has 5 nitrogen and oxygen atoms in total. The van der Waals surface area contributed by atoms with E-state index < -0.39 is 0 Å². The van der Waals surface area contributed by atoms with Crippen LogP contribution in [0, 0.1) is 5.92 Å². The molecular formula is C24H26Cl2N4O. The van der Waals surface area contributed by atoms with E-state index in [0.717, 1.165) is 60.4 Å². The number of anilines is 1. The van der Waals surface area contributed by atoms with Crippen LogP contribution in [0.15, 0.2) is 53.3 Å². The van der Waals surface area contributed by atoms with Gasteiger partial charge in [0.1, 0.15) is 5.82 Å². The lowest BCUT2D eigenvalue weighted by atomic mass is 10.0. The molecule has 0 aliphatic carbocycles. The second-order valence-electron chi connectivity index (χ2n) is 7.90. The highest BCUT2D eigenvalue weighted by atomic mass is 35.5. The van der Waals surface area contributed by atoms with E-state index in [1.54, 1.807) is 12.1 Å². The van der Waals surface area contributed by atoms with E-state index >= 15 is 0 Å². The van der Waals surface area contributed by atoms with E-state index in [-0.39, 0.29) is 5.43 Å². The molecule has 2 aromatic heterocycles. The van der Waals surface area contributed by atoms with E-state index in [4.69, 9.17) is 23.2 Å². The summed E-state index contributed by atoms with van der Waals surface area (Å²) in [6.07, 6.45) is 2.19. The number of nitrogens with one attached hydrogen (secondary N) is 4. The van der Waals surface area contributed by atoms with Gasteiger partial charge in [0.05, 0.1) is 10.5 Å². The maximum atomic E-state index is 12.3. The maximum absolute atomic E-state index is 12.3. The summed E-state index contributed by atoms with van der Waals surface area (Å²) >= 11 is 12.4. The van der Waals surface area contributed by atoms with Gasteiger partial charge in [-0.05, 0) is 42.7 Å². The van der Waals surface area contributed by atoms with Crippen molar-refractivity contribution in [1.29, 1.82) is 0 Å². The first kappa shape index (κ1) is 21.8. The normalized spacial score (nSPS) is 12.5. The Morgan fingerprint density at radius 2 is 1.81 bits per heavy atom. The number of halogens is 2. The van der Waals surface area contributed by atoms with Crippen LogP contribution in [0.2, 0.25) is 10.0 Å². The number of aromatic nitrogens is 2. The van der Waals surface area contributed by atoms with Crippen LogP contribution in [0.4, 0.5) is 5.82 Å². The number of H-pyrrole nitrogens is 2. The monoisotopic (exact) mass is 456 g/mol. The highest BCUT2D eigenvalue weighted by Gasteiger charge is 2.10. The lowest BCUT2D eigenvalue weighted by molar-refractivity contribution is 0.457. The van der Waals surface area contributed by atoms with Gasteiger partial charge < -0.3 is 20.6 Å². The fourth-order valence-corrected chi connectivity index (χ4v) is 4.50. The van der Waals surface area contributed by atoms with E-state index in [2.05, 4.69) is 33.6 Å². The molecule has 0 aliphatic heterocycles. The molecule has 4 aromatic rings. The van der Waals surface area contributed by atoms with Crippen molar-refractivity contribution in [3.05, 3.63) is 74.5 Å².